The predicted molar refractivity (Wildman–Crippen MR) is 88.0 cm³/mol. The highest BCUT2D eigenvalue weighted by Gasteiger charge is 2.16. The third-order valence-corrected chi connectivity index (χ3v) is 3.91. The summed E-state index contributed by atoms with van der Waals surface area (Å²) in [4.78, 5) is 0. The average Bonchev–Trinajstić information content (AvgIpc) is 2.90. The minimum absolute atomic E-state index is 0.604. The number of ether oxygens (including phenoxy) is 3. The monoisotopic (exact) mass is 297 g/mol. The van der Waals surface area contributed by atoms with Crippen LogP contribution in [0, 0.1) is 0 Å². The van der Waals surface area contributed by atoms with E-state index in [9.17, 15) is 0 Å². The van der Waals surface area contributed by atoms with E-state index in [2.05, 4.69) is 29.8 Å². The van der Waals surface area contributed by atoms with E-state index < -0.39 is 0 Å². The number of rotatable bonds is 4. The van der Waals surface area contributed by atoms with Crippen molar-refractivity contribution in [1.82, 2.24) is 4.57 Å². The Balaban J connectivity index is 2.24. The molecule has 0 aliphatic carbocycles. The number of fused-ring (bicyclic) bond motifs is 1. The van der Waals surface area contributed by atoms with E-state index >= 15 is 0 Å². The lowest BCUT2D eigenvalue weighted by atomic mass is 10.1. The number of para-hydroxylation sites is 1. The van der Waals surface area contributed by atoms with Crippen LogP contribution < -0.4 is 14.2 Å². The maximum Gasteiger partial charge on any atom is 0.203 e. The number of hydrogen-bond donors (Lipinski definition) is 0. The van der Waals surface area contributed by atoms with Gasteiger partial charge in [-0.3, -0.25) is 0 Å². The maximum atomic E-state index is 5.44. The molecule has 3 aromatic rings. The second-order valence-electron chi connectivity index (χ2n) is 5.06. The molecule has 22 heavy (non-hydrogen) atoms. The molecule has 0 spiro atoms. The van der Waals surface area contributed by atoms with Crippen molar-refractivity contribution in [2.45, 2.75) is 0 Å². The van der Waals surface area contributed by atoms with Crippen LogP contribution in [0.25, 0.3) is 22.2 Å². The molecule has 0 fully saturated rings. The molecule has 0 N–H and O–H groups in total. The van der Waals surface area contributed by atoms with E-state index in [1.807, 2.05) is 24.3 Å². The fraction of sp³-hybridized carbons (Fsp3) is 0.222. The van der Waals surface area contributed by atoms with Gasteiger partial charge in [0.15, 0.2) is 11.5 Å². The quantitative estimate of drug-likeness (QED) is 0.733. The van der Waals surface area contributed by atoms with Crippen LogP contribution >= 0.6 is 0 Å². The van der Waals surface area contributed by atoms with Crippen molar-refractivity contribution in [3.63, 3.8) is 0 Å². The van der Waals surface area contributed by atoms with Gasteiger partial charge in [0.1, 0.15) is 0 Å². The molecule has 0 unspecified atom stereocenters. The zero-order chi connectivity index (χ0) is 15.7. The van der Waals surface area contributed by atoms with Crippen molar-refractivity contribution < 1.29 is 14.2 Å². The Morgan fingerprint density at radius 3 is 2.00 bits per heavy atom. The number of aryl methyl sites for hydroxylation is 1. The lowest BCUT2D eigenvalue weighted by Gasteiger charge is -2.14. The molecule has 0 amide bonds. The van der Waals surface area contributed by atoms with E-state index in [0.717, 1.165) is 11.3 Å². The van der Waals surface area contributed by atoms with Crippen LogP contribution in [0.2, 0.25) is 0 Å². The van der Waals surface area contributed by atoms with Crippen molar-refractivity contribution in [2.24, 2.45) is 7.05 Å². The molecule has 1 aromatic heterocycles. The van der Waals surface area contributed by atoms with Gasteiger partial charge < -0.3 is 18.8 Å². The molecule has 0 aliphatic heterocycles. The molecule has 0 aliphatic rings. The molecule has 0 bridgehead atoms. The van der Waals surface area contributed by atoms with Crippen LogP contribution in [-0.4, -0.2) is 25.9 Å². The highest BCUT2D eigenvalue weighted by Crippen LogP contribution is 2.41. The molecule has 1 heterocycles. The van der Waals surface area contributed by atoms with Gasteiger partial charge in [0, 0.05) is 29.2 Å². The summed E-state index contributed by atoms with van der Waals surface area (Å²) in [5.41, 5.74) is 3.31. The molecule has 0 saturated heterocycles. The van der Waals surface area contributed by atoms with Gasteiger partial charge in [-0.05, 0) is 24.3 Å². The lowest BCUT2D eigenvalue weighted by molar-refractivity contribution is 0.324. The highest BCUT2D eigenvalue weighted by atomic mass is 16.5. The van der Waals surface area contributed by atoms with E-state index in [1.165, 1.54) is 10.9 Å². The van der Waals surface area contributed by atoms with Crippen molar-refractivity contribution >= 4 is 10.9 Å². The third-order valence-electron chi connectivity index (χ3n) is 3.91. The van der Waals surface area contributed by atoms with E-state index in [1.54, 1.807) is 21.3 Å². The fourth-order valence-corrected chi connectivity index (χ4v) is 2.79. The van der Waals surface area contributed by atoms with Gasteiger partial charge in [0.2, 0.25) is 5.75 Å². The number of aromatic nitrogens is 1. The normalized spacial score (nSPS) is 10.7. The molecule has 0 radical (unpaired) electrons. The average molecular weight is 297 g/mol. The maximum absolute atomic E-state index is 5.44. The summed E-state index contributed by atoms with van der Waals surface area (Å²) in [5, 5.41) is 1.20. The predicted octanol–water partition coefficient (Wildman–Crippen LogP) is 3.87. The molecule has 2 aromatic carbocycles. The van der Waals surface area contributed by atoms with Crippen LogP contribution in [0.3, 0.4) is 0 Å². The van der Waals surface area contributed by atoms with E-state index in [0.29, 0.717) is 17.2 Å². The topological polar surface area (TPSA) is 32.6 Å². The van der Waals surface area contributed by atoms with Crippen molar-refractivity contribution in [3.8, 4) is 28.5 Å². The van der Waals surface area contributed by atoms with Crippen LogP contribution in [0.4, 0.5) is 0 Å². The third kappa shape index (κ3) is 2.17. The zero-order valence-electron chi connectivity index (χ0n) is 13.2. The van der Waals surface area contributed by atoms with Gasteiger partial charge >= 0.3 is 0 Å². The summed E-state index contributed by atoms with van der Waals surface area (Å²) in [6.07, 6.45) is 0. The first-order valence-corrected chi connectivity index (χ1v) is 7.04. The Bertz CT molecular complexity index is 795. The smallest absolute Gasteiger partial charge is 0.203 e. The second-order valence-corrected chi connectivity index (χ2v) is 5.06. The van der Waals surface area contributed by atoms with Crippen LogP contribution in [0.5, 0.6) is 17.2 Å². The Morgan fingerprint density at radius 2 is 1.45 bits per heavy atom. The Morgan fingerprint density at radius 1 is 0.818 bits per heavy atom. The molecule has 0 atom stereocenters. The molecule has 4 nitrogen and oxygen atoms in total. The largest absolute Gasteiger partial charge is 0.493 e. The van der Waals surface area contributed by atoms with Crippen molar-refractivity contribution in [3.05, 3.63) is 42.5 Å². The van der Waals surface area contributed by atoms with Crippen molar-refractivity contribution in [1.29, 1.82) is 0 Å². The second kappa shape index (κ2) is 5.64. The summed E-state index contributed by atoms with van der Waals surface area (Å²) in [7, 11) is 6.92. The fourth-order valence-electron chi connectivity index (χ4n) is 2.79. The first-order chi connectivity index (χ1) is 10.7. The summed E-state index contributed by atoms with van der Waals surface area (Å²) < 4.78 is 18.4. The highest BCUT2D eigenvalue weighted by molar-refractivity contribution is 5.87. The SMILES string of the molecule is COc1cc(-c2cc3ccccc3n2C)cc(OC)c1OC. The Hall–Kier alpha value is -2.62. The molecular weight excluding hydrogens is 278 g/mol. The van der Waals surface area contributed by atoms with Crippen LogP contribution in [0.15, 0.2) is 42.5 Å². The van der Waals surface area contributed by atoms with Gasteiger partial charge in [0.05, 0.1) is 21.3 Å². The molecule has 4 heteroatoms. The number of methoxy groups -OCH3 is 3. The molecule has 0 saturated carbocycles. The number of hydrogen-bond acceptors (Lipinski definition) is 3. The molecular formula is C18H19NO3. The minimum Gasteiger partial charge on any atom is -0.493 e. The number of nitrogens with zero attached hydrogens (tertiary/aromatic N) is 1. The standard InChI is InChI=1S/C18H19NO3/c1-19-14-8-6-5-7-12(14)9-15(19)13-10-16(20-2)18(22-4)17(11-13)21-3/h5-11H,1-4H3. The summed E-state index contributed by atoms with van der Waals surface area (Å²) in [5.74, 6) is 1.91. The van der Waals surface area contributed by atoms with Gasteiger partial charge in [0.25, 0.3) is 0 Å². The Labute approximate surface area is 129 Å². The first kappa shape index (κ1) is 14.3. The van der Waals surface area contributed by atoms with Gasteiger partial charge in [-0.25, -0.2) is 0 Å². The van der Waals surface area contributed by atoms with Gasteiger partial charge in [-0.1, -0.05) is 18.2 Å². The minimum atomic E-state index is 0.604. The van der Waals surface area contributed by atoms with Crippen molar-refractivity contribution in [2.75, 3.05) is 21.3 Å². The van der Waals surface area contributed by atoms with E-state index in [4.69, 9.17) is 14.2 Å². The number of benzene rings is 2. The van der Waals surface area contributed by atoms with Crippen LogP contribution in [-0.2, 0) is 7.05 Å². The zero-order valence-corrected chi connectivity index (χ0v) is 13.2. The lowest BCUT2D eigenvalue weighted by Crippen LogP contribution is -1.97. The van der Waals surface area contributed by atoms with Gasteiger partial charge in [-0.15, -0.1) is 0 Å². The summed E-state index contributed by atoms with van der Waals surface area (Å²) >= 11 is 0. The summed E-state index contributed by atoms with van der Waals surface area (Å²) in [6, 6.07) is 14.4. The Kier molecular flexibility index (Phi) is 3.67. The molecule has 114 valence electrons. The van der Waals surface area contributed by atoms with Crippen LogP contribution in [0.1, 0.15) is 0 Å². The van der Waals surface area contributed by atoms with E-state index in [-0.39, 0.29) is 0 Å². The summed E-state index contributed by atoms with van der Waals surface area (Å²) in [6.45, 7) is 0. The van der Waals surface area contributed by atoms with Gasteiger partial charge in [-0.2, -0.15) is 0 Å². The molecule has 3 rings (SSSR count). The first-order valence-electron chi connectivity index (χ1n) is 7.04.